The summed E-state index contributed by atoms with van der Waals surface area (Å²) >= 11 is 0. The van der Waals surface area contributed by atoms with Gasteiger partial charge < -0.3 is 24.5 Å². The van der Waals surface area contributed by atoms with Crippen molar-refractivity contribution in [1.29, 1.82) is 0 Å². The van der Waals surface area contributed by atoms with Gasteiger partial charge in [-0.25, -0.2) is 14.0 Å². The Hall–Kier alpha value is -1.57. The highest BCUT2D eigenvalue weighted by molar-refractivity contribution is 5.68. The first-order chi connectivity index (χ1) is 13.5. The number of hydrogen-bond acceptors (Lipinski definition) is 4. The molecule has 2 amide bonds. The number of hydrogen-bond donors (Lipinski definition) is 1. The SMILES string of the molecule is O=C(O)N1CCC2(CC(N3CCC([C@@H]4CCCN4C(=O)OCCF)CC3)C2)C1. The summed E-state index contributed by atoms with van der Waals surface area (Å²) < 4.78 is 17.3. The summed E-state index contributed by atoms with van der Waals surface area (Å²) in [5.41, 5.74) is 0.225. The number of piperidine rings is 1. The molecule has 1 saturated carbocycles. The maximum atomic E-state index is 12.3. The van der Waals surface area contributed by atoms with E-state index in [1.165, 1.54) is 0 Å². The van der Waals surface area contributed by atoms with Crippen LogP contribution >= 0.6 is 0 Å². The number of carbonyl (C=O) groups is 2. The monoisotopic (exact) mass is 397 g/mol. The van der Waals surface area contributed by atoms with Gasteiger partial charge >= 0.3 is 12.2 Å². The van der Waals surface area contributed by atoms with Crippen LogP contribution in [0, 0.1) is 11.3 Å². The van der Waals surface area contributed by atoms with Gasteiger partial charge in [0.15, 0.2) is 0 Å². The molecular weight excluding hydrogens is 365 g/mol. The molecule has 0 bridgehead atoms. The highest BCUT2D eigenvalue weighted by Gasteiger charge is 2.51. The smallest absolute Gasteiger partial charge is 0.410 e. The summed E-state index contributed by atoms with van der Waals surface area (Å²) in [4.78, 5) is 29.3. The van der Waals surface area contributed by atoms with Crippen LogP contribution in [-0.4, -0.2) is 90.1 Å². The molecule has 0 aromatic heterocycles. The second-order valence-electron chi connectivity index (χ2n) is 9.10. The molecule has 0 radical (unpaired) electrons. The molecule has 1 aliphatic carbocycles. The predicted molar refractivity (Wildman–Crippen MR) is 101 cm³/mol. The highest BCUT2D eigenvalue weighted by atomic mass is 19.1. The van der Waals surface area contributed by atoms with E-state index in [1.807, 2.05) is 4.90 Å². The second-order valence-corrected chi connectivity index (χ2v) is 9.10. The Kier molecular flexibility index (Phi) is 5.67. The first-order valence-electron chi connectivity index (χ1n) is 10.7. The van der Waals surface area contributed by atoms with Crippen LogP contribution in [-0.2, 0) is 4.74 Å². The minimum atomic E-state index is -0.785. The number of likely N-dealkylation sites (tertiary alicyclic amines) is 3. The molecule has 0 aromatic carbocycles. The van der Waals surface area contributed by atoms with E-state index in [4.69, 9.17) is 4.74 Å². The molecule has 28 heavy (non-hydrogen) atoms. The zero-order valence-corrected chi connectivity index (χ0v) is 16.5. The van der Waals surface area contributed by atoms with Crippen LogP contribution in [0.5, 0.6) is 0 Å². The molecular formula is C20H32FN3O4. The second kappa shape index (κ2) is 8.05. The maximum absolute atomic E-state index is 12.3. The third kappa shape index (κ3) is 3.80. The number of nitrogens with zero attached hydrogens (tertiary/aromatic N) is 3. The van der Waals surface area contributed by atoms with Crippen LogP contribution < -0.4 is 0 Å². The predicted octanol–water partition coefficient (Wildman–Crippen LogP) is 2.80. The molecule has 3 aliphatic heterocycles. The molecule has 3 saturated heterocycles. The van der Waals surface area contributed by atoms with Crippen molar-refractivity contribution in [1.82, 2.24) is 14.7 Å². The fourth-order valence-electron chi connectivity index (χ4n) is 6.02. The van der Waals surface area contributed by atoms with Crippen molar-refractivity contribution in [2.24, 2.45) is 11.3 Å². The summed E-state index contributed by atoms with van der Waals surface area (Å²) in [7, 11) is 0. The fourth-order valence-corrected chi connectivity index (χ4v) is 6.02. The van der Waals surface area contributed by atoms with Gasteiger partial charge in [0.2, 0.25) is 0 Å². The molecule has 4 fully saturated rings. The van der Waals surface area contributed by atoms with Gasteiger partial charge in [0.1, 0.15) is 13.3 Å². The number of carbonyl (C=O) groups excluding carboxylic acids is 1. The standard InChI is InChI=1S/C20H32FN3O4/c21-6-11-28-19(27)24-7-1-2-17(24)15-3-8-22(9-4-15)16-12-20(13-16)5-10-23(14-20)18(25)26/h15-17H,1-14H2,(H,25,26)/t16?,17-,20?/m0/s1. The number of carboxylic acid groups (broad SMARTS) is 1. The molecule has 1 N–H and O–H groups in total. The topological polar surface area (TPSA) is 73.3 Å². The third-order valence-electron chi connectivity index (χ3n) is 7.52. The lowest BCUT2D eigenvalue weighted by molar-refractivity contribution is -0.0153. The van der Waals surface area contributed by atoms with Crippen molar-refractivity contribution in [2.75, 3.05) is 46.0 Å². The summed E-state index contributed by atoms with van der Waals surface area (Å²) in [6, 6.07) is 0.824. The lowest BCUT2D eigenvalue weighted by Gasteiger charge is -2.52. The summed E-state index contributed by atoms with van der Waals surface area (Å²) in [5.74, 6) is 0.500. The van der Waals surface area contributed by atoms with Crippen LogP contribution in [0.3, 0.4) is 0 Å². The molecule has 3 heterocycles. The fraction of sp³-hybridized carbons (Fsp3) is 0.900. The first-order valence-corrected chi connectivity index (χ1v) is 10.7. The zero-order chi connectivity index (χ0) is 19.7. The lowest BCUT2D eigenvalue weighted by Crippen LogP contribution is -2.55. The Bertz CT molecular complexity index is 590. The maximum Gasteiger partial charge on any atom is 0.410 e. The van der Waals surface area contributed by atoms with Gasteiger partial charge in [-0.3, -0.25) is 0 Å². The Morgan fingerprint density at radius 2 is 1.86 bits per heavy atom. The van der Waals surface area contributed by atoms with Crippen molar-refractivity contribution in [3.8, 4) is 0 Å². The van der Waals surface area contributed by atoms with Crippen molar-refractivity contribution in [3.63, 3.8) is 0 Å². The molecule has 1 atom stereocenters. The lowest BCUT2D eigenvalue weighted by atomic mass is 9.64. The van der Waals surface area contributed by atoms with Crippen molar-refractivity contribution < 1.29 is 23.8 Å². The van der Waals surface area contributed by atoms with Gasteiger partial charge in [-0.15, -0.1) is 0 Å². The van der Waals surface area contributed by atoms with Crippen LogP contribution in [0.25, 0.3) is 0 Å². The average molecular weight is 397 g/mol. The first kappa shape index (κ1) is 19.7. The van der Waals surface area contributed by atoms with Gasteiger partial charge in [-0.2, -0.15) is 0 Å². The van der Waals surface area contributed by atoms with Gasteiger partial charge in [-0.05, 0) is 69.4 Å². The van der Waals surface area contributed by atoms with Crippen LogP contribution in [0.2, 0.25) is 0 Å². The summed E-state index contributed by atoms with van der Waals surface area (Å²) in [6.07, 6.45) is 6.29. The quantitative estimate of drug-likeness (QED) is 0.790. The molecule has 8 heteroatoms. The van der Waals surface area contributed by atoms with E-state index in [0.717, 1.165) is 64.6 Å². The van der Waals surface area contributed by atoms with Gasteiger partial charge in [0.25, 0.3) is 0 Å². The highest BCUT2D eigenvalue weighted by Crippen LogP contribution is 2.50. The van der Waals surface area contributed by atoms with Gasteiger partial charge in [-0.1, -0.05) is 0 Å². The minimum Gasteiger partial charge on any atom is -0.465 e. The van der Waals surface area contributed by atoms with Crippen LogP contribution in [0.15, 0.2) is 0 Å². The van der Waals surface area contributed by atoms with Crippen molar-refractivity contribution >= 4 is 12.2 Å². The van der Waals surface area contributed by atoms with Crippen LogP contribution in [0.1, 0.15) is 44.9 Å². The normalized spacial score (nSPS) is 34.0. The number of rotatable bonds is 4. The van der Waals surface area contributed by atoms with E-state index in [0.29, 0.717) is 25.0 Å². The summed E-state index contributed by atoms with van der Waals surface area (Å²) in [6.45, 7) is 3.43. The molecule has 158 valence electrons. The molecule has 4 aliphatic rings. The molecule has 4 rings (SSSR count). The van der Waals surface area contributed by atoms with Crippen LogP contribution in [0.4, 0.5) is 14.0 Å². The van der Waals surface area contributed by atoms with Gasteiger partial charge in [0, 0.05) is 31.7 Å². The number of amides is 2. The molecule has 7 nitrogen and oxygen atoms in total. The molecule has 1 spiro atoms. The zero-order valence-electron chi connectivity index (χ0n) is 16.5. The molecule has 0 aromatic rings. The number of alkyl halides is 1. The Labute approximate surface area is 165 Å². The van der Waals surface area contributed by atoms with Crippen molar-refractivity contribution in [3.05, 3.63) is 0 Å². The number of ether oxygens (including phenoxy) is 1. The van der Waals surface area contributed by atoms with E-state index in [2.05, 4.69) is 4.90 Å². The number of halogens is 1. The van der Waals surface area contributed by atoms with E-state index in [-0.39, 0.29) is 24.2 Å². The van der Waals surface area contributed by atoms with Gasteiger partial charge in [0.05, 0.1) is 0 Å². The Morgan fingerprint density at radius 3 is 2.50 bits per heavy atom. The summed E-state index contributed by atoms with van der Waals surface area (Å²) in [5, 5.41) is 9.18. The molecule has 0 unspecified atom stereocenters. The largest absolute Gasteiger partial charge is 0.465 e. The Morgan fingerprint density at radius 1 is 1.11 bits per heavy atom. The van der Waals surface area contributed by atoms with E-state index >= 15 is 0 Å². The minimum absolute atomic E-state index is 0.150. The Balaban J connectivity index is 1.23. The van der Waals surface area contributed by atoms with E-state index < -0.39 is 12.8 Å². The van der Waals surface area contributed by atoms with E-state index in [1.54, 1.807) is 4.90 Å². The van der Waals surface area contributed by atoms with E-state index in [9.17, 15) is 19.1 Å². The third-order valence-corrected chi connectivity index (χ3v) is 7.52. The average Bonchev–Trinajstić information content (AvgIpc) is 3.32. The van der Waals surface area contributed by atoms with Crippen molar-refractivity contribution in [2.45, 2.75) is 57.0 Å².